The molecule has 0 spiro atoms. The van der Waals surface area contributed by atoms with Crippen LogP contribution < -0.4 is 0 Å². The van der Waals surface area contributed by atoms with E-state index in [0.29, 0.717) is 10.9 Å². The van der Waals surface area contributed by atoms with E-state index in [4.69, 9.17) is 0 Å². The maximum atomic E-state index is 9.53. The molecule has 1 atom stereocenters. The van der Waals surface area contributed by atoms with Crippen molar-refractivity contribution >= 4 is 10.9 Å². The van der Waals surface area contributed by atoms with Gasteiger partial charge in [-0.2, -0.15) is 0 Å². The zero-order chi connectivity index (χ0) is 11.4. The van der Waals surface area contributed by atoms with Gasteiger partial charge in [-0.3, -0.25) is 0 Å². The summed E-state index contributed by atoms with van der Waals surface area (Å²) < 4.78 is 0. The van der Waals surface area contributed by atoms with Gasteiger partial charge in [-0.1, -0.05) is 19.3 Å². The van der Waals surface area contributed by atoms with E-state index < -0.39 is 0 Å². The molecule has 2 aliphatic rings. The number of hydrogen-bond donors (Lipinski definition) is 1. The highest BCUT2D eigenvalue weighted by Gasteiger charge is 2.32. The average molecular weight is 243 g/mol. The fraction of sp³-hybridized carbons (Fsp3) is 1.00. The van der Waals surface area contributed by atoms with Gasteiger partial charge in [0, 0.05) is 5.92 Å². The number of aliphatic hydroxyl groups is 1. The van der Waals surface area contributed by atoms with Gasteiger partial charge in [0.05, 0.1) is 12.4 Å². The van der Waals surface area contributed by atoms with Crippen molar-refractivity contribution in [2.24, 2.45) is 5.92 Å². The summed E-state index contributed by atoms with van der Waals surface area (Å²) in [4.78, 5) is 0. The minimum atomic E-state index is 0.0166. The topological polar surface area (TPSA) is 20.2 Å². The summed E-state index contributed by atoms with van der Waals surface area (Å²) in [5.41, 5.74) is 0. The van der Waals surface area contributed by atoms with Crippen LogP contribution in [0.3, 0.4) is 0 Å². The molecule has 0 aromatic heterocycles. The fourth-order valence-electron chi connectivity index (χ4n) is 3.31. The van der Waals surface area contributed by atoms with Gasteiger partial charge in [-0.15, -0.1) is 0 Å². The molecular weight excluding hydrogens is 216 g/mol. The normalized spacial score (nSPS) is 34.9. The van der Waals surface area contributed by atoms with Gasteiger partial charge >= 0.3 is 0 Å². The fourth-order valence-corrected chi connectivity index (χ4v) is 5.74. The van der Waals surface area contributed by atoms with Crippen LogP contribution in [0.4, 0.5) is 0 Å². The molecule has 2 rings (SSSR count). The Balaban J connectivity index is 1.72. The number of hydrogen-bond acceptors (Lipinski definition) is 1. The Morgan fingerprint density at radius 3 is 2.19 bits per heavy atom. The highest BCUT2D eigenvalue weighted by Crippen LogP contribution is 2.30. The van der Waals surface area contributed by atoms with E-state index in [1.807, 2.05) is 0 Å². The second-order valence-corrected chi connectivity index (χ2v) is 8.17. The molecule has 0 aromatic carbocycles. The highest BCUT2D eigenvalue weighted by molar-refractivity contribution is 7.96. The van der Waals surface area contributed by atoms with Crippen LogP contribution in [0, 0.1) is 5.92 Å². The lowest BCUT2D eigenvalue weighted by atomic mass is 9.91. The molecule has 2 saturated carbocycles. The van der Waals surface area contributed by atoms with Crippen molar-refractivity contribution in [3.8, 4) is 0 Å². The molecule has 0 aromatic rings. The van der Waals surface area contributed by atoms with E-state index >= 15 is 0 Å². The Hall–Kier alpha value is 0.310. The molecular formula is C14H27OS+. The van der Waals surface area contributed by atoms with Crippen molar-refractivity contribution in [2.75, 3.05) is 12.0 Å². The third kappa shape index (κ3) is 3.66. The van der Waals surface area contributed by atoms with E-state index in [1.54, 1.807) is 0 Å². The largest absolute Gasteiger partial charge is 0.393 e. The van der Waals surface area contributed by atoms with Crippen molar-refractivity contribution in [3.63, 3.8) is 0 Å². The third-order valence-electron chi connectivity index (χ3n) is 4.44. The van der Waals surface area contributed by atoms with Gasteiger partial charge in [0.1, 0.15) is 11.0 Å². The average Bonchev–Trinajstić information content (AvgIpc) is 2.31. The van der Waals surface area contributed by atoms with Crippen LogP contribution in [0.2, 0.25) is 0 Å². The molecule has 1 unspecified atom stereocenters. The van der Waals surface area contributed by atoms with Crippen molar-refractivity contribution in [1.29, 1.82) is 0 Å². The van der Waals surface area contributed by atoms with Gasteiger partial charge in [-0.05, 0) is 49.4 Å². The van der Waals surface area contributed by atoms with Crippen LogP contribution in [0.25, 0.3) is 0 Å². The monoisotopic (exact) mass is 243 g/mol. The number of aliphatic hydroxyl groups excluding tert-OH is 1. The Bertz CT molecular complexity index is 193. The Morgan fingerprint density at radius 2 is 1.56 bits per heavy atom. The molecule has 2 fully saturated rings. The third-order valence-corrected chi connectivity index (χ3v) is 7.04. The predicted molar refractivity (Wildman–Crippen MR) is 73.0 cm³/mol. The van der Waals surface area contributed by atoms with E-state index in [-0.39, 0.29) is 6.10 Å². The predicted octanol–water partition coefficient (Wildman–Crippen LogP) is 3.12. The minimum Gasteiger partial charge on any atom is -0.393 e. The highest BCUT2D eigenvalue weighted by atomic mass is 32.2. The van der Waals surface area contributed by atoms with Crippen molar-refractivity contribution in [1.82, 2.24) is 0 Å². The summed E-state index contributed by atoms with van der Waals surface area (Å²) in [6, 6.07) is 0. The molecule has 2 heteroatoms. The molecule has 0 aliphatic heterocycles. The van der Waals surface area contributed by atoms with Gasteiger partial charge in [0.2, 0.25) is 0 Å². The first kappa shape index (κ1) is 12.8. The Kier molecular flexibility index (Phi) is 5.02. The van der Waals surface area contributed by atoms with Crippen molar-refractivity contribution in [3.05, 3.63) is 0 Å². The Labute approximate surface area is 103 Å². The zero-order valence-electron chi connectivity index (χ0n) is 10.7. The van der Waals surface area contributed by atoms with E-state index in [9.17, 15) is 5.11 Å². The summed E-state index contributed by atoms with van der Waals surface area (Å²) in [5.74, 6) is 2.52. The number of rotatable bonds is 3. The molecule has 1 N–H and O–H groups in total. The lowest BCUT2D eigenvalue weighted by molar-refractivity contribution is 0.132. The maximum Gasteiger partial charge on any atom is 0.118 e. The molecule has 0 saturated heterocycles. The summed E-state index contributed by atoms with van der Waals surface area (Å²) in [5, 5.41) is 10.5. The molecule has 2 aliphatic carbocycles. The summed E-state index contributed by atoms with van der Waals surface area (Å²) in [6.07, 6.45) is 14.6. The molecule has 0 heterocycles. The smallest absolute Gasteiger partial charge is 0.118 e. The Morgan fingerprint density at radius 1 is 0.938 bits per heavy atom. The summed E-state index contributed by atoms with van der Waals surface area (Å²) in [6.45, 7) is 0. The van der Waals surface area contributed by atoms with Crippen LogP contribution in [0.1, 0.15) is 57.8 Å². The van der Waals surface area contributed by atoms with Gasteiger partial charge in [0.25, 0.3) is 0 Å². The first-order chi connectivity index (χ1) is 7.75. The second kappa shape index (κ2) is 6.30. The molecule has 0 amide bonds. The molecule has 1 nitrogen and oxygen atoms in total. The van der Waals surface area contributed by atoms with Crippen molar-refractivity contribution < 1.29 is 5.11 Å². The zero-order valence-corrected chi connectivity index (χ0v) is 11.5. The standard InChI is InChI=1S/C14H27OS/c1-16(11-12-5-3-2-4-6-12)14-9-7-13(15)8-10-14/h12-15H,2-11H2,1H3/q+1. The van der Waals surface area contributed by atoms with Gasteiger partial charge in [0.15, 0.2) is 0 Å². The van der Waals surface area contributed by atoms with Crippen LogP contribution in [-0.2, 0) is 10.9 Å². The minimum absolute atomic E-state index is 0.0166. The molecule has 0 bridgehead atoms. The van der Waals surface area contributed by atoms with Crippen LogP contribution in [-0.4, -0.2) is 28.5 Å². The lowest BCUT2D eigenvalue weighted by Crippen LogP contribution is -2.32. The van der Waals surface area contributed by atoms with Crippen molar-refractivity contribution in [2.45, 2.75) is 69.1 Å². The van der Waals surface area contributed by atoms with Gasteiger partial charge < -0.3 is 5.11 Å². The first-order valence-electron chi connectivity index (χ1n) is 7.05. The maximum absolute atomic E-state index is 9.53. The summed E-state index contributed by atoms with van der Waals surface area (Å²) >= 11 is 0. The SMILES string of the molecule is C[S+](CC1CCCCC1)C1CCC(O)CC1. The van der Waals surface area contributed by atoms with E-state index in [0.717, 1.165) is 24.0 Å². The molecule has 16 heavy (non-hydrogen) atoms. The lowest BCUT2D eigenvalue weighted by Gasteiger charge is -2.27. The molecule has 0 radical (unpaired) electrons. The summed E-state index contributed by atoms with van der Waals surface area (Å²) in [7, 11) is 0.620. The van der Waals surface area contributed by atoms with Crippen LogP contribution in [0.15, 0.2) is 0 Å². The first-order valence-corrected chi connectivity index (χ1v) is 8.91. The van der Waals surface area contributed by atoms with E-state index in [2.05, 4.69) is 6.26 Å². The van der Waals surface area contributed by atoms with E-state index in [1.165, 1.54) is 50.7 Å². The van der Waals surface area contributed by atoms with Gasteiger partial charge in [-0.25, -0.2) is 0 Å². The van der Waals surface area contributed by atoms with Crippen LogP contribution in [0.5, 0.6) is 0 Å². The molecule has 94 valence electrons. The second-order valence-electron chi connectivity index (χ2n) is 5.79. The quantitative estimate of drug-likeness (QED) is 0.755. The van der Waals surface area contributed by atoms with Crippen LogP contribution >= 0.6 is 0 Å².